The Morgan fingerprint density at radius 2 is 2.10 bits per heavy atom. The van der Waals surface area contributed by atoms with Crippen molar-refractivity contribution in [3.05, 3.63) is 51.5 Å². The van der Waals surface area contributed by atoms with Gasteiger partial charge in [-0.3, -0.25) is 4.68 Å². The Labute approximate surface area is 133 Å². The predicted octanol–water partition coefficient (Wildman–Crippen LogP) is 3.89. The molecule has 1 heterocycles. The number of benzene rings is 1. The van der Waals surface area contributed by atoms with Crippen LogP contribution in [0.5, 0.6) is 0 Å². The Balaban J connectivity index is 2.06. The maximum atomic E-state index is 13.3. The molecule has 0 aliphatic carbocycles. The van der Waals surface area contributed by atoms with Gasteiger partial charge in [0.05, 0.1) is 12.2 Å². The van der Waals surface area contributed by atoms with Crippen LogP contribution in [0.15, 0.2) is 28.9 Å². The molecule has 2 aromatic rings. The van der Waals surface area contributed by atoms with Gasteiger partial charge in [0.15, 0.2) is 0 Å². The van der Waals surface area contributed by atoms with Gasteiger partial charge < -0.3 is 5.32 Å². The summed E-state index contributed by atoms with van der Waals surface area (Å²) in [5, 5.41) is 7.92. The lowest BCUT2D eigenvalue weighted by Gasteiger charge is -2.06. The second kappa shape index (κ2) is 7.18. The number of halogens is 2. The molecule has 2 rings (SSSR count). The summed E-state index contributed by atoms with van der Waals surface area (Å²) in [5.41, 5.74) is 3.08. The van der Waals surface area contributed by atoms with Crippen molar-refractivity contribution in [2.75, 3.05) is 6.54 Å². The lowest BCUT2D eigenvalue weighted by atomic mass is 10.2. The predicted molar refractivity (Wildman–Crippen MR) is 86.7 cm³/mol. The lowest BCUT2D eigenvalue weighted by Crippen LogP contribution is -2.19. The molecule has 0 saturated carbocycles. The van der Waals surface area contributed by atoms with Crippen molar-refractivity contribution < 1.29 is 4.39 Å². The van der Waals surface area contributed by atoms with Crippen LogP contribution in [0.4, 0.5) is 4.39 Å². The monoisotopic (exact) mass is 353 g/mol. The molecule has 0 bridgehead atoms. The fourth-order valence-corrected chi connectivity index (χ4v) is 2.52. The minimum Gasteiger partial charge on any atom is -0.312 e. The number of rotatable bonds is 6. The van der Waals surface area contributed by atoms with E-state index in [1.165, 1.54) is 17.7 Å². The molecule has 0 spiro atoms. The maximum absolute atomic E-state index is 13.3. The minimum absolute atomic E-state index is 0.226. The van der Waals surface area contributed by atoms with Crippen LogP contribution in [0.25, 0.3) is 0 Å². The second-order valence-electron chi connectivity index (χ2n) is 5.70. The normalized spacial score (nSPS) is 11.3. The molecule has 5 heteroatoms. The quantitative estimate of drug-likeness (QED) is 0.853. The van der Waals surface area contributed by atoms with Gasteiger partial charge in [0.1, 0.15) is 5.82 Å². The Bertz CT molecular complexity index is 608. The van der Waals surface area contributed by atoms with Crippen LogP contribution in [-0.4, -0.2) is 16.3 Å². The van der Waals surface area contributed by atoms with E-state index in [1.807, 2.05) is 17.8 Å². The van der Waals surface area contributed by atoms with Gasteiger partial charge in [-0.1, -0.05) is 29.8 Å². The van der Waals surface area contributed by atoms with Gasteiger partial charge in [-0.25, -0.2) is 4.39 Å². The zero-order valence-electron chi connectivity index (χ0n) is 12.7. The van der Waals surface area contributed by atoms with Crippen molar-refractivity contribution in [1.29, 1.82) is 0 Å². The highest BCUT2D eigenvalue weighted by atomic mass is 79.9. The SMILES string of the molecule is Cc1nn(Cc2cc(F)ccc2Br)cc1CNCC(C)C. The van der Waals surface area contributed by atoms with E-state index in [9.17, 15) is 4.39 Å². The Kier molecular flexibility index (Phi) is 5.53. The van der Waals surface area contributed by atoms with Gasteiger partial charge in [-0.15, -0.1) is 0 Å². The van der Waals surface area contributed by atoms with E-state index >= 15 is 0 Å². The number of aromatic nitrogens is 2. The Morgan fingerprint density at radius 3 is 2.81 bits per heavy atom. The van der Waals surface area contributed by atoms with E-state index < -0.39 is 0 Å². The summed E-state index contributed by atoms with van der Waals surface area (Å²) < 4.78 is 16.1. The van der Waals surface area contributed by atoms with E-state index in [0.717, 1.165) is 28.8 Å². The van der Waals surface area contributed by atoms with Gasteiger partial charge in [-0.05, 0) is 43.1 Å². The van der Waals surface area contributed by atoms with E-state index in [2.05, 4.69) is 40.2 Å². The third-order valence-electron chi connectivity index (χ3n) is 3.26. The van der Waals surface area contributed by atoms with Gasteiger partial charge in [0.2, 0.25) is 0 Å². The summed E-state index contributed by atoms with van der Waals surface area (Å²) >= 11 is 3.45. The van der Waals surface area contributed by atoms with Crippen molar-refractivity contribution in [3.63, 3.8) is 0 Å². The summed E-state index contributed by atoms with van der Waals surface area (Å²) in [4.78, 5) is 0. The molecule has 0 fully saturated rings. The standard InChI is InChI=1S/C16H21BrFN3/c1-11(2)7-19-8-14-10-21(20-12(14)3)9-13-6-15(18)4-5-16(13)17/h4-6,10-11,19H,7-9H2,1-3H3. The fraction of sp³-hybridized carbons (Fsp3) is 0.438. The molecule has 0 saturated heterocycles. The molecule has 114 valence electrons. The van der Waals surface area contributed by atoms with Crippen molar-refractivity contribution in [3.8, 4) is 0 Å². The van der Waals surface area contributed by atoms with Crippen LogP contribution in [0.1, 0.15) is 30.7 Å². The average molecular weight is 354 g/mol. The Morgan fingerprint density at radius 1 is 1.33 bits per heavy atom. The van der Waals surface area contributed by atoms with Crippen LogP contribution in [0.3, 0.4) is 0 Å². The molecule has 21 heavy (non-hydrogen) atoms. The van der Waals surface area contributed by atoms with Gasteiger partial charge >= 0.3 is 0 Å². The van der Waals surface area contributed by atoms with Gasteiger partial charge in [0, 0.05) is 22.8 Å². The highest BCUT2D eigenvalue weighted by Crippen LogP contribution is 2.19. The van der Waals surface area contributed by atoms with Crippen LogP contribution in [-0.2, 0) is 13.1 Å². The highest BCUT2D eigenvalue weighted by Gasteiger charge is 2.08. The summed E-state index contributed by atoms with van der Waals surface area (Å²) in [5.74, 6) is 0.402. The number of hydrogen-bond acceptors (Lipinski definition) is 2. The number of nitrogens with one attached hydrogen (secondary N) is 1. The Hall–Kier alpha value is -1.20. The first-order valence-corrected chi connectivity index (χ1v) is 7.92. The first-order chi connectivity index (χ1) is 9.95. The van der Waals surface area contributed by atoms with Crippen LogP contribution in [0.2, 0.25) is 0 Å². The molecular formula is C16H21BrFN3. The molecule has 0 atom stereocenters. The lowest BCUT2D eigenvalue weighted by molar-refractivity contribution is 0.551. The summed E-state index contributed by atoms with van der Waals surface area (Å²) in [6.45, 7) is 8.73. The molecule has 1 aromatic carbocycles. The molecule has 0 unspecified atom stereocenters. The molecule has 0 aliphatic rings. The van der Waals surface area contributed by atoms with Gasteiger partial charge in [-0.2, -0.15) is 5.10 Å². The smallest absolute Gasteiger partial charge is 0.123 e. The molecule has 1 aromatic heterocycles. The molecule has 1 N–H and O–H groups in total. The first-order valence-electron chi connectivity index (χ1n) is 7.13. The second-order valence-corrected chi connectivity index (χ2v) is 6.55. The van der Waals surface area contributed by atoms with Crippen molar-refractivity contribution in [1.82, 2.24) is 15.1 Å². The molecular weight excluding hydrogens is 333 g/mol. The summed E-state index contributed by atoms with van der Waals surface area (Å²) in [6, 6.07) is 4.72. The van der Waals surface area contributed by atoms with E-state index in [1.54, 1.807) is 6.07 Å². The van der Waals surface area contributed by atoms with Crippen molar-refractivity contribution >= 4 is 15.9 Å². The summed E-state index contributed by atoms with van der Waals surface area (Å²) in [7, 11) is 0. The first kappa shape index (κ1) is 16.2. The third-order valence-corrected chi connectivity index (χ3v) is 4.03. The van der Waals surface area contributed by atoms with Gasteiger partial charge in [0.25, 0.3) is 0 Å². The zero-order valence-corrected chi connectivity index (χ0v) is 14.2. The number of nitrogens with zero attached hydrogens (tertiary/aromatic N) is 2. The van der Waals surface area contributed by atoms with Crippen LogP contribution >= 0.6 is 15.9 Å². The maximum Gasteiger partial charge on any atom is 0.123 e. The summed E-state index contributed by atoms with van der Waals surface area (Å²) in [6.07, 6.45) is 2.03. The zero-order chi connectivity index (χ0) is 15.4. The average Bonchev–Trinajstić information content (AvgIpc) is 2.74. The van der Waals surface area contributed by atoms with E-state index in [0.29, 0.717) is 12.5 Å². The topological polar surface area (TPSA) is 29.9 Å². The minimum atomic E-state index is -0.226. The van der Waals surface area contributed by atoms with Crippen LogP contribution < -0.4 is 5.32 Å². The van der Waals surface area contributed by atoms with Crippen LogP contribution in [0, 0.1) is 18.7 Å². The molecule has 0 amide bonds. The number of aryl methyl sites for hydroxylation is 1. The van der Waals surface area contributed by atoms with Crippen molar-refractivity contribution in [2.24, 2.45) is 5.92 Å². The number of hydrogen-bond donors (Lipinski definition) is 1. The largest absolute Gasteiger partial charge is 0.312 e. The van der Waals surface area contributed by atoms with E-state index in [4.69, 9.17) is 0 Å². The molecule has 3 nitrogen and oxygen atoms in total. The fourth-order valence-electron chi connectivity index (χ4n) is 2.15. The molecule has 0 radical (unpaired) electrons. The third kappa shape index (κ3) is 4.64. The highest BCUT2D eigenvalue weighted by molar-refractivity contribution is 9.10. The molecule has 0 aliphatic heterocycles. The van der Waals surface area contributed by atoms with E-state index in [-0.39, 0.29) is 5.82 Å². The van der Waals surface area contributed by atoms with Crippen molar-refractivity contribution in [2.45, 2.75) is 33.9 Å².